The van der Waals surface area contributed by atoms with Crippen LogP contribution in [-0.2, 0) is 17.5 Å². The lowest BCUT2D eigenvalue weighted by molar-refractivity contribution is -0.137. The molecule has 0 saturated heterocycles. The van der Waals surface area contributed by atoms with Gasteiger partial charge in [-0.2, -0.15) is 13.2 Å². The van der Waals surface area contributed by atoms with E-state index in [0.29, 0.717) is 10.8 Å². The van der Waals surface area contributed by atoms with Crippen molar-refractivity contribution < 1.29 is 22.4 Å². The van der Waals surface area contributed by atoms with Crippen LogP contribution in [0.1, 0.15) is 11.3 Å². The maximum Gasteiger partial charge on any atom is 0.417 e. The summed E-state index contributed by atoms with van der Waals surface area (Å²) >= 11 is 1.06. The molecule has 0 aliphatic carbocycles. The van der Waals surface area contributed by atoms with Crippen molar-refractivity contribution in [2.24, 2.45) is 0 Å². The van der Waals surface area contributed by atoms with Gasteiger partial charge in [-0.05, 0) is 24.3 Å². The summed E-state index contributed by atoms with van der Waals surface area (Å²) in [4.78, 5) is 15.2. The molecule has 2 rings (SSSR count). The van der Waals surface area contributed by atoms with Gasteiger partial charge in [-0.1, -0.05) is 11.8 Å². The molecule has 8 heteroatoms. The summed E-state index contributed by atoms with van der Waals surface area (Å²) in [6, 6.07) is 5.62. The number of nitrogens with one attached hydrogen (secondary N) is 1. The maximum atomic E-state index is 12.3. The average Bonchev–Trinajstić information content (AvgIpc) is 2.95. The van der Waals surface area contributed by atoms with Crippen molar-refractivity contribution in [2.75, 3.05) is 5.75 Å². The molecular formula is C13H11F3N2O2S. The highest BCUT2D eigenvalue weighted by atomic mass is 32.2. The van der Waals surface area contributed by atoms with E-state index < -0.39 is 11.7 Å². The number of nitrogens with zero attached hydrogens (tertiary/aromatic N) is 1. The molecule has 2 aromatic heterocycles. The van der Waals surface area contributed by atoms with E-state index >= 15 is 0 Å². The Kier molecular flexibility index (Phi) is 4.89. The normalized spacial score (nSPS) is 11.4. The van der Waals surface area contributed by atoms with E-state index in [9.17, 15) is 18.0 Å². The molecule has 0 bridgehead atoms. The molecule has 0 saturated carbocycles. The molecule has 0 radical (unpaired) electrons. The van der Waals surface area contributed by atoms with E-state index in [1.165, 1.54) is 12.3 Å². The van der Waals surface area contributed by atoms with Crippen LogP contribution in [0.2, 0.25) is 0 Å². The monoisotopic (exact) mass is 316 g/mol. The number of halogens is 3. The van der Waals surface area contributed by atoms with Crippen LogP contribution < -0.4 is 5.32 Å². The van der Waals surface area contributed by atoms with E-state index in [2.05, 4.69) is 10.3 Å². The number of pyridine rings is 1. The Labute approximate surface area is 122 Å². The second-order valence-electron chi connectivity index (χ2n) is 4.03. The predicted molar refractivity (Wildman–Crippen MR) is 70.5 cm³/mol. The van der Waals surface area contributed by atoms with Crippen LogP contribution in [0.4, 0.5) is 13.2 Å². The van der Waals surface area contributed by atoms with Crippen molar-refractivity contribution in [3.8, 4) is 0 Å². The molecule has 4 nitrogen and oxygen atoms in total. The van der Waals surface area contributed by atoms with Gasteiger partial charge in [0.15, 0.2) is 0 Å². The van der Waals surface area contributed by atoms with Crippen molar-refractivity contribution in [1.29, 1.82) is 0 Å². The number of alkyl halides is 3. The van der Waals surface area contributed by atoms with Crippen LogP contribution in [0.3, 0.4) is 0 Å². The molecule has 0 unspecified atom stereocenters. The van der Waals surface area contributed by atoms with Gasteiger partial charge in [0.1, 0.15) is 5.76 Å². The van der Waals surface area contributed by atoms with Crippen molar-refractivity contribution in [3.63, 3.8) is 0 Å². The summed E-state index contributed by atoms with van der Waals surface area (Å²) in [6.45, 7) is 0.271. The largest absolute Gasteiger partial charge is 0.467 e. The van der Waals surface area contributed by atoms with Crippen LogP contribution in [0.15, 0.2) is 46.2 Å². The fourth-order valence-electron chi connectivity index (χ4n) is 1.42. The number of hydrogen-bond acceptors (Lipinski definition) is 4. The number of carbonyl (C=O) groups excluding carboxylic acids is 1. The summed E-state index contributed by atoms with van der Waals surface area (Å²) in [5.41, 5.74) is -0.811. The zero-order valence-electron chi connectivity index (χ0n) is 10.7. The van der Waals surface area contributed by atoms with Crippen molar-refractivity contribution in [2.45, 2.75) is 17.7 Å². The van der Waals surface area contributed by atoms with E-state index in [4.69, 9.17) is 4.42 Å². The minimum atomic E-state index is -4.41. The van der Waals surface area contributed by atoms with Gasteiger partial charge in [-0.15, -0.1) is 0 Å². The fraction of sp³-hybridized carbons (Fsp3) is 0.231. The minimum Gasteiger partial charge on any atom is -0.467 e. The Balaban J connectivity index is 1.78. The number of carbonyl (C=O) groups is 1. The smallest absolute Gasteiger partial charge is 0.417 e. The molecular weight excluding hydrogens is 305 g/mol. The third kappa shape index (κ3) is 4.82. The third-order valence-electron chi connectivity index (χ3n) is 2.45. The highest BCUT2D eigenvalue weighted by Crippen LogP contribution is 2.29. The number of furan rings is 1. The number of rotatable bonds is 5. The topological polar surface area (TPSA) is 55.1 Å². The van der Waals surface area contributed by atoms with E-state index in [1.807, 2.05) is 0 Å². The summed E-state index contributed by atoms with van der Waals surface area (Å²) in [5.74, 6) is 0.443. The van der Waals surface area contributed by atoms with Crippen molar-refractivity contribution in [1.82, 2.24) is 10.3 Å². The Morgan fingerprint density at radius 3 is 2.71 bits per heavy atom. The first-order valence-corrected chi connectivity index (χ1v) is 6.89. The summed E-state index contributed by atoms with van der Waals surface area (Å²) < 4.78 is 42.1. The highest BCUT2D eigenvalue weighted by molar-refractivity contribution is 7.99. The van der Waals surface area contributed by atoms with Crippen LogP contribution in [0.5, 0.6) is 0 Å². The standard InChI is InChI=1S/C13H11F3N2O2S/c14-13(15,16)9-3-4-12(18-6-9)21-8-11(19)17-7-10-2-1-5-20-10/h1-6H,7-8H2,(H,17,19). The SMILES string of the molecule is O=C(CSc1ccc(C(F)(F)F)cn1)NCc1ccco1. The highest BCUT2D eigenvalue weighted by Gasteiger charge is 2.30. The second-order valence-corrected chi connectivity index (χ2v) is 5.02. The Hall–Kier alpha value is -1.96. The summed E-state index contributed by atoms with van der Waals surface area (Å²) in [7, 11) is 0. The van der Waals surface area contributed by atoms with E-state index in [-0.39, 0.29) is 18.2 Å². The molecule has 0 atom stereocenters. The molecule has 0 aliphatic rings. The van der Waals surface area contributed by atoms with Gasteiger partial charge in [0.2, 0.25) is 5.91 Å². The molecule has 112 valence electrons. The van der Waals surface area contributed by atoms with Gasteiger partial charge in [0, 0.05) is 6.20 Å². The lowest BCUT2D eigenvalue weighted by Crippen LogP contribution is -2.24. The van der Waals surface area contributed by atoms with Gasteiger partial charge in [-0.3, -0.25) is 4.79 Å². The van der Waals surface area contributed by atoms with Gasteiger partial charge in [-0.25, -0.2) is 4.98 Å². The number of thioether (sulfide) groups is 1. The van der Waals surface area contributed by atoms with Gasteiger partial charge < -0.3 is 9.73 Å². The quantitative estimate of drug-likeness (QED) is 0.861. The number of amides is 1. The zero-order valence-corrected chi connectivity index (χ0v) is 11.5. The van der Waals surface area contributed by atoms with E-state index in [1.54, 1.807) is 12.1 Å². The first kappa shape index (κ1) is 15.4. The molecule has 2 heterocycles. The van der Waals surface area contributed by atoms with Crippen LogP contribution >= 0.6 is 11.8 Å². The Bertz CT molecular complexity index is 582. The molecule has 0 aromatic carbocycles. The van der Waals surface area contributed by atoms with Gasteiger partial charge in [0.05, 0.1) is 29.2 Å². The Morgan fingerprint density at radius 1 is 1.33 bits per heavy atom. The second kappa shape index (κ2) is 6.66. The van der Waals surface area contributed by atoms with Crippen LogP contribution in [0, 0.1) is 0 Å². The molecule has 0 aliphatic heterocycles. The lowest BCUT2D eigenvalue weighted by Gasteiger charge is -2.06. The molecule has 1 N–H and O–H groups in total. The van der Waals surface area contributed by atoms with Gasteiger partial charge in [0.25, 0.3) is 0 Å². The molecule has 0 fully saturated rings. The molecule has 2 aromatic rings. The summed E-state index contributed by atoms with van der Waals surface area (Å²) in [6.07, 6.45) is -2.15. The Morgan fingerprint density at radius 2 is 2.14 bits per heavy atom. The summed E-state index contributed by atoms with van der Waals surface area (Å²) in [5, 5.41) is 2.99. The third-order valence-corrected chi connectivity index (χ3v) is 3.40. The van der Waals surface area contributed by atoms with Crippen molar-refractivity contribution >= 4 is 17.7 Å². The first-order chi connectivity index (χ1) is 9.95. The van der Waals surface area contributed by atoms with Crippen LogP contribution in [0.25, 0.3) is 0 Å². The average molecular weight is 316 g/mol. The van der Waals surface area contributed by atoms with Crippen molar-refractivity contribution in [3.05, 3.63) is 48.0 Å². The van der Waals surface area contributed by atoms with Gasteiger partial charge >= 0.3 is 6.18 Å². The van der Waals surface area contributed by atoms with E-state index in [0.717, 1.165) is 24.0 Å². The predicted octanol–water partition coefficient (Wildman–Crippen LogP) is 3.10. The zero-order chi connectivity index (χ0) is 15.3. The van der Waals surface area contributed by atoms with Crippen LogP contribution in [-0.4, -0.2) is 16.6 Å². The fourth-order valence-corrected chi connectivity index (χ4v) is 2.10. The minimum absolute atomic E-state index is 0.0685. The number of hydrogen-bond donors (Lipinski definition) is 1. The molecule has 1 amide bonds. The lowest BCUT2D eigenvalue weighted by atomic mass is 10.3. The molecule has 0 spiro atoms. The molecule has 21 heavy (non-hydrogen) atoms. The first-order valence-electron chi connectivity index (χ1n) is 5.90. The number of aromatic nitrogens is 1. The maximum absolute atomic E-state index is 12.3.